The van der Waals surface area contributed by atoms with Crippen LogP contribution in [0.3, 0.4) is 0 Å². The van der Waals surface area contributed by atoms with Crippen molar-refractivity contribution in [3.63, 3.8) is 0 Å². The molecule has 4 aliphatic rings. The second-order valence-corrected chi connectivity index (χ2v) is 11.4. The van der Waals surface area contributed by atoms with Crippen molar-refractivity contribution in [1.29, 1.82) is 0 Å². The Balaban J connectivity index is 1.19. The van der Waals surface area contributed by atoms with Gasteiger partial charge < -0.3 is 4.74 Å². The van der Waals surface area contributed by atoms with Gasteiger partial charge >= 0.3 is 0 Å². The Bertz CT molecular complexity index is 995. The van der Waals surface area contributed by atoms with Crippen LogP contribution in [0, 0.1) is 23.7 Å². The van der Waals surface area contributed by atoms with Crippen LogP contribution in [0.15, 0.2) is 60.7 Å². The number of ether oxygens (including phenoxy) is 1. The van der Waals surface area contributed by atoms with E-state index in [1.807, 2.05) is 36.4 Å². The van der Waals surface area contributed by atoms with Gasteiger partial charge in [-0.3, -0.25) is 9.80 Å². The maximum atomic E-state index is 14.0. The standard InChI is InChI=1S/C30H38N2O2/c1-22-16-25-19-30(14-8-9-15-34-21-23-10-4-2-5-11-23)26-18-27(25)28(17-22)31(20-26)32(30)29(33)24-12-6-3-7-13-24/h2-7,10-13,22,25-28H,8-9,14-21H2,1H3/t22-,25+,26-,27-,28+,30-/m1/s1. The number of fused-ring (bicyclic) bond motifs is 2. The molecule has 0 aromatic heterocycles. The molecule has 2 heterocycles. The highest BCUT2D eigenvalue weighted by atomic mass is 16.5. The van der Waals surface area contributed by atoms with Gasteiger partial charge in [0.1, 0.15) is 0 Å². The fourth-order valence-electron chi connectivity index (χ4n) is 7.97. The lowest BCUT2D eigenvalue weighted by Crippen LogP contribution is -2.55. The number of piperidine rings is 1. The van der Waals surface area contributed by atoms with Crippen LogP contribution >= 0.6 is 0 Å². The quantitative estimate of drug-likeness (QED) is 0.459. The van der Waals surface area contributed by atoms with Gasteiger partial charge in [0.2, 0.25) is 0 Å². The number of hydrogen-bond donors (Lipinski definition) is 0. The van der Waals surface area contributed by atoms with Gasteiger partial charge in [0.25, 0.3) is 5.91 Å². The zero-order valence-electron chi connectivity index (χ0n) is 20.4. The summed E-state index contributed by atoms with van der Waals surface area (Å²) in [6.07, 6.45) is 8.39. The van der Waals surface area contributed by atoms with Crippen LogP contribution in [-0.4, -0.2) is 40.7 Å². The largest absolute Gasteiger partial charge is 0.377 e. The zero-order valence-corrected chi connectivity index (χ0v) is 20.4. The molecule has 4 nitrogen and oxygen atoms in total. The third kappa shape index (κ3) is 3.79. The average Bonchev–Trinajstić information content (AvgIpc) is 3.11. The van der Waals surface area contributed by atoms with Gasteiger partial charge in [-0.25, -0.2) is 5.01 Å². The van der Waals surface area contributed by atoms with E-state index in [4.69, 9.17) is 4.74 Å². The molecule has 6 rings (SSSR count). The summed E-state index contributed by atoms with van der Waals surface area (Å²) in [6.45, 7) is 4.97. The monoisotopic (exact) mass is 458 g/mol. The molecule has 2 aliphatic carbocycles. The summed E-state index contributed by atoms with van der Waals surface area (Å²) in [5.41, 5.74) is 2.07. The molecule has 2 saturated carbocycles. The fraction of sp³-hybridized carbons (Fsp3) is 0.567. The molecule has 1 amide bonds. The number of carbonyl (C=O) groups is 1. The van der Waals surface area contributed by atoms with Crippen molar-refractivity contribution in [2.24, 2.45) is 23.7 Å². The first-order valence-corrected chi connectivity index (χ1v) is 13.4. The Morgan fingerprint density at radius 2 is 1.76 bits per heavy atom. The van der Waals surface area contributed by atoms with Crippen LogP contribution in [0.5, 0.6) is 0 Å². The van der Waals surface area contributed by atoms with Crippen LogP contribution in [0.25, 0.3) is 0 Å². The molecule has 0 radical (unpaired) electrons. The van der Waals surface area contributed by atoms with E-state index in [1.54, 1.807) is 0 Å². The summed E-state index contributed by atoms with van der Waals surface area (Å²) >= 11 is 0. The first kappa shape index (κ1) is 22.3. The average molecular weight is 459 g/mol. The predicted octanol–water partition coefficient (Wildman–Crippen LogP) is 5.94. The minimum atomic E-state index is -0.00761. The van der Waals surface area contributed by atoms with Gasteiger partial charge in [-0.05, 0) is 86.3 Å². The SMILES string of the molecule is C[C@@H]1C[C@H]2C[C@]3(CCCCOCc4ccccc4)[C@@H]4C[C@H]2[C@H](C1)N(C4)N3C(=O)c1ccccc1. The van der Waals surface area contributed by atoms with E-state index >= 15 is 0 Å². The number of rotatable bonds is 8. The summed E-state index contributed by atoms with van der Waals surface area (Å²) in [4.78, 5) is 14.0. The van der Waals surface area contributed by atoms with Crippen molar-refractivity contribution in [2.75, 3.05) is 13.2 Å². The second-order valence-electron chi connectivity index (χ2n) is 11.4. The predicted molar refractivity (Wildman–Crippen MR) is 134 cm³/mol. The minimum Gasteiger partial charge on any atom is -0.377 e. The van der Waals surface area contributed by atoms with Crippen LogP contribution in [0.4, 0.5) is 0 Å². The highest BCUT2D eigenvalue weighted by Crippen LogP contribution is 2.61. The van der Waals surface area contributed by atoms with Crippen molar-refractivity contribution in [3.8, 4) is 0 Å². The number of unbranched alkanes of at least 4 members (excludes halogenated alkanes) is 1. The molecule has 34 heavy (non-hydrogen) atoms. The molecule has 2 aromatic rings. The molecule has 3 bridgehead atoms. The molecule has 7 atom stereocenters. The van der Waals surface area contributed by atoms with Crippen LogP contribution in [-0.2, 0) is 11.3 Å². The van der Waals surface area contributed by atoms with E-state index in [9.17, 15) is 4.79 Å². The normalized spacial score (nSPS) is 35.5. The van der Waals surface area contributed by atoms with Crippen molar-refractivity contribution in [2.45, 2.75) is 70.1 Å². The van der Waals surface area contributed by atoms with Gasteiger partial charge in [0.05, 0.1) is 12.1 Å². The summed E-state index contributed by atoms with van der Waals surface area (Å²) < 4.78 is 5.98. The van der Waals surface area contributed by atoms with Crippen molar-refractivity contribution < 1.29 is 9.53 Å². The highest BCUT2D eigenvalue weighted by Gasteiger charge is 2.66. The van der Waals surface area contributed by atoms with Crippen LogP contribution in [0.2, 0.25) is 0 Å². The molecule has 4 heteroatoms. The summed E-state index contributed by atoms with van der Waals surface area (Å²) in [7, 11) is 0. The van der Waals surface area contributed by atoms with Crippen molar-refractivity contribution in [1.82, 2.24) is 10.0 Å². The first-order chi connectivity index (χ1) is 16.7. The molecule has 2 aliphatic heterocycles. The van der Waals surface area contributed by atoms with Crippen molar-refractivity contribution in [3.05, 3.63) is 71.8 Å². The Hall–Kier alpha value is -2.17. The molecule has 0 spiro atoms. The lowest BCUT2D eigenvalue weighted by Gasteiger charge is -2.51. The Labute approximate surface area is 204 Å². The van der Waals surface area contributed by atoms with Gasteiger partial charge in [-0.1, -0.05) is 55.5 Å². The number of hydrogen-bond acceptors (Lipinski definition) is 3. The number of carbonyl (C=O) groups excluding carboxylic acids is 1. The number of hydrazine groups is 1. The maximum Gasteiger partial charge on any atom is 0.268 e. The molecule has 2 saturated heterocycles. The van der Waals surface area contributed by atoms with E-state index in [0.29, 0.717) is 18.6 Å². The summed E-state index contributed by atoms with van der Waals surface area (Å²) in [5, 5.41) is 4.86. The van der Waals surface area contributed by atoms with Gasteiger partial charge in [-0.2, -0.15) is 0 Å². The Morgan fingerprint density at radius 3 is 2.56 bits per heavy atom. The molecule has 4 fully saturated rings. The van der Waals surface area contributed by atoms with Crippen LogP contribution in [0.1, 0.15) is 67.8 Å². The lowest BCUT2D eigenvalue weighted by molar-refractivity contribution is -0.0574. The molecular weight excluding hydrogens is 420 g/mol. The van der Waals surface area contributed by atoms with E-state index in [-0.39, 0.29) is 11.4 Å². The Kier molecular flexibility index (Phi) is 5.99. The minimum absolute atomic E-state index is 0.00761. The zero-order chi connectivity index (χ0) is 23.1. The van der Waals surface area contributed by atoms with E-state index in [0.717, 1.165) is 55.7 Å². The topological polar surface area (TPSA) is 32.8 Å². The molecule has 0 N–H and O–H groups in total. The third-order valence-corrected chi connectivity index (χ3v) is 9.32. The smallest absolute Gasteiger partial charge is 0.268 e. The van der Waals surface area contributed by atoms with Gasteiger partial charge in [0.15, 0.2) is 0 Å². The summed E-state index contributed by atoms with van der Waals surface area (Å²) in [6, 6.07) is 21.0. The van der Waals surface area contributed by atoms with Crippen LogP contribution < -0.4 is 0 Å². The number of amides is 1. The second kappa shape index (κ2) is 9.13. The van der Waals surface area contributed by atoms with E-state index < -0.39 is 0 Å². The fourth-order valence-corrected chi connectivity index (χ4v) is 7.97. The number of benzene rings is 2. The molecular formula is C30H38N2O2. The first-order valence-electron chi connectivity index (χ1n) is 13.4. The lowest BCUT2D eigenvalue weighted by atomic mass is 9.56. The highest BCUT2D eigenvalue weighted by molar-refractivity contribution is 5.94. The van der Waals surface area contributed by atoms with Gasteiger partial charge in [-0.15, -0.1) is 0 Å². The Morgan fingerprint density at radius 1 is 1.00 bits per heavy atom. The summed E-state index contributed by atoms with van der Waals surface area (Å²) in [5.74, 6) is 3.17. The third-order valence-electron chi connectivity index (χ3n) is 9.32. The van der Waals surface area contributed by atoms with Crippen molar-refractivity contribution >= 4 is 5.91 Å². The molecule has 2 aromatic carbocycles. The number of nitrogens with zero attached hydrogens (tertiary/aromatic N) is 2. The van der Waals surface area contributed by atoms with E-state index in [1.165, 1.54) is 31.2 Å². The van der Waals surface area contributed by atoms with Gasteiger partial charge in [0, 0.05) is 24.8 Å². The molecule has 1 unspecified atom stereocenters. The molecule has 180 valence electrons. The van der Waals surface area contributed by atoms with E-state index in [2.05, 4.69) is 41.2 Å². The maximum absolute atomic E-state index is 14.0.